The van der Waals surface area contributed by atoms with Crippen LogP contribution in [0.5, 0.6) is 0 Å². The minimum atomic E-state index is -1.09. The van der Waals surface area contributed by atoms with Crippen LogP contribution in [0.4, 0.5) is 4.79 Å². The number of amides is 3. The van der Waals surface area contributed by atoms with Gasteiger partial charge in [-0.25, -0.2) is 10.5 Å². The molecule has 0 spiro atoms. The van der Waals surface area contributed by atoms with Gasteiger partial charge in [-0.3, -0.25) is 10.1 Å². The fraction of sp³-hybridized carbons (Fsp3) is 0.467. The average molecular weight is 328 g/mol. The lowest BCUT2D eigenvalue weighted by molar-refractivity contribution is -0.121. The first-order chi connectivity index (χ1) is 9.97. The van der Waals surface area contributed by atoms with Gasteiger partial charge in [-0.15, -0.1) is 0 Å². The van der Waals surface area contributed by atoms with Gasteiger partial charge in [0, 0.05) is 0 Å². The van der Waals surface area contributed by atoms with Gasteiger partial charge in [0.1, 0.15) is 0 Å². The molecule has 0 saturated heterocycles. The minimum Gasteiger partial charge on any atom is -0.276 e. The van der Waals surface area contributed by atoms with Crippen molar-refractivity contribution in [3.05, 3.63) is 33.8 Å². The molecule has 0 aromatic heterocycles. The molecular weight excluding hydrogens is 311 g/mol. The highest BCUT2D eigenvalue weighted by atomic mass is 35.5. The molecule has 0 unspecified atom stereocenters. The molecule has 0 heterocycles. The van der Waals surface area contributed by atoms with Gasteiger partial charge < -0.3 is 0 Å². The molecule has 2 N–H and O–H groups in total. The van der Waals surface area contributed by atoms with Crippen LogP contribution in [0.15, 0.2) is 18.2 Å². The Bertz CT molecular complexity index is 542. The number of nitrogens with one attached hydrogen (secondary N) is 2. The van der Waals surface area contributed by atoms with Crippen molar-refractivity contribution in [2.24, 2.45) is 5.92 Å². The first-order valence-electron chi connectivity index (χ1n) is 6.98. The van der Waals surface area contributed by atoms with E-state index in [0.29, 0.717) is 22.4 Å². The number of imide groups is 1. The zero-order chi connectivity index (χ0) is 15.4. The molecule has 1 aromatic carbocycles. The number of benzene rings is 1. The molecule has 3 amide bonds. The summed E-state index contributed by atoms with van der Waals surface area (Å²) >= 11 is 11.9. The monoisotopic (exact) mass is 327 g/mol. The summed E-state index contributed by atoms with van der Waals surface area (Å²) in [5.74, 6) is -0.450. The van der Waals surface area contributed by atoms with E-state index >= 15 is 0 Å². The highest BCUT2D eigenvalue weighted by Gasteiger charge is 2.27. The number of halogens is 2. The van der Waals surface area contributed by atoms with Crippen LogP contribution >= 0.6 is 23.2 Å². The zero-order valence-corrected chi connectivity index (χ0v) is 13.0. The molecule has 1 radical (unpaired) electrons. The standard InChI is InChI=1S/C15H17Cl2N2O2/c16-12-6-5-10(8-13(12)17)11(14(20)19-15(18)21)7-9-3-1-2-4-9/h5-6,8-9,11,18H,1-4,7H2,(H,19,20,21)/t11-/m1/s1. The summed E-state index contributed by atoms with van der Waals surface area (Å²) < 4.78 is 0. The van der Waals surface area contributed by atoms with E-state index in [1.165, 1.54) is 12.8 Å². The van der Waals surface area contributed by atoms with Crippen LogP contribution in [0.1, 0.15) is 43.6 Å². The Kier molecular flexibility index (Phi) is 5.48. The number of urea groups is 1. The van der Waals surface area contributed by atoms with Crippen molar-refractivity contribution in [2.75, 3.05) is 0 Å². The van der Waals surface area contributed by atoms with Gasteiger partial charge in [0.15, 0.2) is 0 Å². The predicted octanol–water partition coefficient (Wildman–Crippen LogP) is 4.18. The second-order valence-corrected chi connectivity index (χ2v) is 6.25. The van der Waals surface area contributed by atoms with Crippen LogP contribution in [-0.4, -0.2) is 11.9 Å². The van der Waals surface area contributed by atoms with Gasteiger partial charge in [-0.1, -0.05) is 55.0 Å². The van der Waals surface area contributed by atoms with Crippen LogP contribution in [0.2, 0.25) is 10.0 Å². The molecular formula is C15H17Cl2N2O2. The maximum absolute atomic E-state index is 12.2. The molecule has 1 fully saturated rings. The van der Waals surface area contributed by atoms with Crippen molar-refractivity contribution < 1.29 is 9.59 Å². The number of rotatable bonds is 4. The molecule has 113 valence electrons. The molecule has 1 aliphatic carbocycles. The van der Waals surface area contributed by atoms with E-state index in [0.717, 1.165) is 18.4 Å². The van der Waals surface area contributed by atoms with Crippen molar-refractivity contribution in [1.82, 2.24) is 11.1 Å². The average Bonchev–Trinajstić information content (AvgIpc) is 2.91. The highest BCUT2D eigenvalue weighted by molar-refractivity contribution is 6.42. The summed E-state index contributed by atoms with van der Waals surface area (Å²) in [4.78, 5) is 23.0. The van der Waals surface area contributed by atoms with Crippen molar-refractivity contribution >= 4 is 35.1 Å². The summed E-state index contributed by atoms with van der Waals surface area (Å²) in [6.45, 7) is 0. The number of hydrogen-bond acceptors (Lipinski definition) is 2. The fourth-order valence-electron chi connectivity index (χ4n) is 2.90. The smallest absolute Gasteiger partial charge is 0.276 e. The van der Waals surface area contributed by atoms with Gasteiger partial charge in [0.2, 0.25) is 5.91 Å². The predicted molar refractivity (Wildman–Crippen MR) is 82.4 cm³/mol. The summed E-state index contributed by atoms with van der Waals surface area (Å²) in [6, 6.07) is 3.98. The van der Waals surface area contributed by atoms with E-state index in [2.05, 4.69) is 5.32 Å². The Balaban J connectivity index is 2.22. The van der Waals surface area contributed by atoms with Crippen LogP contribution < -0.4 is 11.1 Å². The first-order valence-corrected chi connectivity index (χ1v) is 7.74. The topological polar surface area (TPSA) is 70.0 Å². The first kappa shape index (κ1) is 16.1. The quantitative estimate of drug-likeness (QED) is 0.901. The number of carbonyl (C=O) groups is 2. The maximum atomic E-state index is 12.2. The molecule has 2 rings (SSSR count). The largest absolute Gasteiger partial charge is 0.340 e. The van der Waals surface area contributed by atoms with Gasteiger partial charge in [-0.05, 0) is 30.0 Å². The molecule has 21 heavy (non-hydrogen) atoms. The second kappa shape index (κ2) is 7.14. The normalized spacial score (nSPS) is 16.7. The third-order valence-corrected chi connectivity index (χ3v) is 4.68. The van der Waals surface area contributed by atoms with E-state index < -0.39 is 17.9 Å². The summed E-state index contributed by atoms with van der Waals surface area (Å²) in [6.07, 6.45) is 5.21. The third kappa shape index (κ3) is 4.35. The van der Waals surface area contributed by atoms with Crippen molar-refractivity contribution in [1.29, 1.82) is 0 Å². The van der Waals surface area contributed by atoms with Gasteiger partial charge in [-0.2, -0.15) is 0 Å². The highest BCUT2D eigenvalue weighted by Crippen LogP contribution is 2.36. The molecule has 6 heteroatoms. The number of carbonyl (C=O) groups excluding carboxylic acids is 2. The fourth-order valence-corrected chi connectivity index (χ4v) is 3.21. The van der Waals surface area contributed by atoms with E-state index in [9.17, 15) is 9.59 Å². The summed E-state index contributed by atoms with van der Waals surface area (Å²) in [5, 5.41) is 2.87. The Hall–Kier alpha value is -1.26. The lowest BCUT2D eigenvalue weighted by Crippen LogP contribution is -2.35. The lowest BCUT2D eigenvalue weighted by atomic mass is 9.87. The number of hydrogen-bond donors (Lipinski definition) is 1. The Labute approximate surface area is 134 Å². The third-order valence-electron chi connectivity index (χ3n) is 3.94. The van der Waals surface area contributed by atoms with Crippen LogP contribution in [0.3, 0.4) is 0 Å². The Morgan fingerprint density at radius 2 is 1.90 bits per heavy atom. The van der Waals surface area contributed by atoms with Crippen LogP contribution in [0, 0.1) is 5.92 Å². The Morgan fingerprint density at radius 1 is 1.24 bits per heavy atom. The van der Waals surface area contributed by atoms with E-state index in [1.54, 1.807) is 18.2 Å². The SMILES string of the molecule is [NH]C(=O)NC(=O)[C@H](CC1CCCC1)c1ccc(Cl)c(Cl)c1. The van der Waals surface area contributed by atoms with Crippen molar-refractivity contribution in [3.63, 3.8) is 0 Å². The molecule has 1 saturated carbocycles. The molecule has 1 aliphatic rings. The van der Waals surface area contributed by atoms with Crippen LogP contribution in [0.25, 0.3) is 0 Å². The van der Waals surface area contributed by atoms with Gasteiger partial charge >= 0.3 is 6.03 Å². The minimum absolute atomic E-state index is 0.385. The summed E-state index contributed by atoms with van der Waals surface area (Å²) in [5.41, 5.74) is 7.64. The molecule has 1 atom stereocenters. The van der Waals surface area contributed by atoms with E-state index in [-0.39, 0.29) is 0 Å². The van der Waals surface area contributed by atoms with Crippen molar-refractivity contribution in [2.45, 2.75) is 38.0 Å². The van der Waals surface area contributed by atoms with Gasteiger partial charge in [0.05, 0.1) is 16.0 Å². The maximum Gasteiger partial charge on any atom is 0.340 e. The second-order valence-electron chi connectivity index (χ2n) is 5.43. The van der Waals surface area contributed by atoms with Crippen LogP contribution in [-0.2, 0) is 4.79 Å². The molecule has 4 nitrogen and oxygen atoms in total. The van der Waals surface area contributed by atoms with E-state index in [4.69, 9.17) is 28.9 Å². The van der Waals surface area contributed by atoms with E-state index in [1.807, 2.05) is 0 Å². The van der Waals surface area contributed by atoms with Gasteiger partial charge in [0.25, 0.3) is 0 Å². The molecule has 1 aromatic rings. The zero-order valence-electron chi connectivity index (χ0n) is 11.5. The van der Waals surface area contributed by atoms with Crippen molar-refractivity contribution in [3.8, 4) is 0 Å². The summed E-state index contributed by atoms with van der Waals surface area (Å²) in [7, 11) is 0. The lowest BCUT2D eigenvalue weighted by Gasteiger charge is -2.20. The Morgan fingerprint density at radius 3 is 2.48 bits per heavy atom. The molecule has 0 bridgehead atoms. The molecule has 0 aliphatic heterocycles.